The second-order valence-electron chi connectivity index (χ2n) is 4.65. The highest BCUT2D eigenvalue weighted by molar-refractivity contribution is 5.76. The molecule has 0 saturated heterocycles. The van der Waals surface area contributed by atoms with Crippen molar-refractivity contribution in [2.24, 2.45) is 0 Å². The van der Waals surface area contributed by atoms with Crippen LogP contribution in [0.4, 0.5) is 4.39 Å². The molecule has 1 rings (SSSR count). The van der Waals surface area contributed by atoms with Crippen LogP contribution in [-0.2, 0) is 9.53 Å². The van der Waals surface area contributed by atoms with Crippen LogP contribution in [-0.4, -0.2) is 30.3 Å². The van der Waals surface area contributed by atoms with E-state index >= 15 is 0 Å². The lowest BCUT2D eigenvalue weighted by molar-refractivity contribution is -0.122. The lowest BCUT2D eigenvalue weighted by Crippen LogP contribution is -2.37. The maximum absolute atomic E-state index is 12.8. The fraction of sp³-hybridized carbons (Fsp3) is 0.533. The maximum atomic E-state index is 12.8. The van der Waals surface area contributed by atoms with Gasteiger partial charge in [0.05, 0.1) is 12.1 Å². The van der Waals surface area contributed by atoms with Gasteiger partial charge >= 0.3 is 0 Å². The summed E-state index contributed by atoms with van der Waals surface area (Å²) in [4.78, 5) is 11.7. The SMILES string of the molecule is CCOCCCC(=O)NC(C)C(O)c1ccc(F)cc1. The second kappa shape index (κ2) is 8.66. The Kier molecular flexibility index (Phi) is 7.18. The number of benzene rings is 1. The number of aliphatic hydroxyl groups is 1. The molecule has 2 N–H and O–H groups in total. The fourth-order valence-corrected chi connectivity index (χ4v) is 1.83. The number of aliphatic hydroxyl groups excluding tert-OH is 1. The molecular weight excluding hydrogens is 261 g/mol. The van der Waals surface area contributed by atoms with Crippen molar-refractivity contribution in [3.8, 4) is 0 Å². The van der Waals surface area contributed by atoms with Crippen LogP contribution < -0.4 is 5.32 Å². The molecule has 0 radical (unpaired) electrons. The topological polar surface area (TPSA) is 58.6 Å². The Hall–Kier alpha value is -1.46. The van der Waals surface area contributed by atoms with Crippen molar-refractivity contribution in [1.82, 2.24) is 5.32 Å². The summed E-state index contributed by atoms with van der Waals surface area (Å²) < 4.78 is 18.0. The molecule has 1 aromatic carbocycles. The molecule has 0 aliphatic heterocycles. The predicted molar refractivity (Wildman–Crippen MR) is 74.7 cm³/mol. The first-order valence-corrected chi connectivity index (χ1v) is 6.85. The summed E-state index contributed by atoms with van der Waals surface area (Å²) in [6, 6.07) is 5.17. The Labute approximate surface area is 119 Å². The molecule has 1 aromatic rings. The number of nitrogens with one attached hydrogen (secondary N) is 1. The number of ether oxygens (including phenoxy) is 1. The van der Waals surface area contributed by atoms with E-state index in [0.29, 0.717) is 31.6 Å². The van der Waals surface area contributed by atoms with Crippen LogP contribution in [0, 0.1) is 5.82 Å². The van der Waals surface area contributed by atoms with E-state index in [1.807, 2.05) is 6.92 Å². The normalized spacial score (nSPS) is 13.8. The van der Waals surface area contributed by atoms with Gasteiger partial charge in [0.1, 0.15) is 5.82 Å². The van der Waals surface area contributed by atoms with Gasteiger partial charge in [-0.1, -0.05) is 12.1 Å². The summed E-state index contributed by atoms with van der Waals surface area (Å²) in [7, 11) is 0. The number of carbonyl (C=O) groups excluding carboxylic acids is 1. The molecule has 1 amide bonds. The van der Waals surface area contributed by atoms with E-state index in [0.717, 1.165) is 0 Å². The molecule has 2 atom stereocenters. The molecular formula is C15H22FNO3. The van der Waals surface area contributed by atoms with Crippen LogP contribution in [0.25, 0.3) is 0 Å². The standard InChI is InChI=1S/C15H22FNO3/c1-3-20-10-4-5-14(18)17-11(2)15(19)12-6-8-13(16)9-7-12/h6-9,11,15,19H,3-5,10H2,1-2H3,(H,17,18). The van der Waals surface area contributed by atoms with E-state index in [2.05, 4.69) is 5.32 Å². The third-order valence-electron chi connectivity index (χ3n) is 2.97. The fourth-order valence-electron chi connectivity index (χ4n) is 1.83. The lowest BCUT2D eigenvalue weighted by atomic mass is 10.0. The molecule has 0 spiro atoms. The Morgan fingerprint density at radius 3 is 2.65 bits per heavy atom. The van der Waals surface area contributed by atoms with Gasteiger partial charge in [0.25, 0.3) is 0 Å². The molecule has 0 aliphatic carbocycles. The first-order valence-electron chi connectivity index (χ1n) is 6.85. The molecule has 0 aliphatic rings. The third-order valence-corrected chi connectivity index (χ3v) is 2.97. The van der Waals surface area contributed by atoms with Crippen molar-refractivity contribution in [2.45, 2.75) is 38.8 Å². The number of halogens is 1. The minimum Gasteiger partial charge on any atom is -0.386 e. The largest absolute Gasteiger partial charge is 0.386 e. The van der Waals surface area contributed by atoms with Crippen molar-refractivity contribution < 1.29 is 19.0 Å². The van der Waals surface area contributed by atoms with Gasteiger partial charge in [0.15, 0.2) is 0 Å². The highest BCUT2D eigenvalue weighted by Crippen LogP contribution is 2.17. The number of amides is 1. The molecule has 4 nitrogen and oxygen atoms in total. The average Bonchev–Trinajstić information content (AvgIpc) is 2.43. The van der Waals surface area contributed by atoms with Gasteiger partial charge in [-0.15, -0.1) is 0 Å². The quantitative estimate of drug-likeness (QED) is 0.719. The van der Waals surface area contributed by atoms with Gasteiger partial charge in [-0.25, -0.2) is 4.39 Å². The van der Waals surface area contributed by atoms with Gasteiger partial charge in [0, 0.05) is 19.6 Å². The highest BCUT2D eigenvalue weighted by Gasteiger charge is 2.18. The van der Waals surface area contributed by atoms with E-state index in [1.165, 1.54) is 24.3 Å². The van der Waals surface area contributed by atoms with Crippen LogP contribution >= 0.6 is 0 Å². The zero-order valence-corrected chi connectivity index (χ0v) is 11.9. The highest BCUT2D eigenvalue weighted by atomic mass is 19.1. The average molecular weight is 283 g/mol. The minimum absolute atomic E-state index is 0.127. The first kappa shape index (κ1) is 16.6. The number of carbonyl (C=O) groups is 1. The smallest absolute Gasteiger partial charge is 0.220 e. The van der Waals surface area contributed by atoms with Crippen LogP contribution in [0.5, 0.6) is 0 Å². The Morgan fingerprint density at radius 2 is 2.05 bits per heavy atom. The maximum Gasteiger partial charge on any atom is 0.220 e. The summed E-state index contributed by atoms with van der Waals surface area (Å²) in [6.45, 7) is 4.82. The van der Waals surface area contributed by atoms with E-state index in [-0.39, 0.29) is 11.7 Å². The molecule has 0 fully saturated rings. The zero-order valence-electron chi connectivity index (χ0n) is 11.9. The third kappa shape index (κ3) is 5.67. The van der Waals surface area contributed by atoms with E-state index in [9.17, 15) is 14.3 Å². The molecule has 112 valence electrons. The van der Waals surface area contributed by atoms with Gasteiger partial charge in [0.2, 0.25) is 5.91 Å². The Bertz CT molecular complexity index is 408. The molecule has 0 heterocycles. The molecule has 2 unspecified atom stereocenters. The summed E-state index contributed by atoms with van der Waals surface area (Å²) in [5, 5.41) is 12.8. The lowest BCUT2D eigenvalue weighted by Gasteiger charge is -2.20. The molecule has 20 heavy (non-hydrogen) atoms. The van der Waals surface area contributed by atoms with Crippen molar-refractivity contribution in [3.63, 3.8) is 0 Å². The van der Waals surface area contributed by atoms with Gasteiger partial charge in [-0.2, -0.15) is 0 Å². The summed E-state index contributed by atoms with van der Waals surface area (Å²) >= 11 is 0. The van der Waals surface area contributed by atoms with Crippen LogP contribution in [0.1, 0.15) is 38.4 Å². The minimum atomic E-state index is -0.855. The summed E-state index contributed by atoms with van der Waals surface area (Å²) in [6.07, 6.45) is 0.158. The molecule has 0 aromatic heterocycles. The first-order chi connectivity index (χ1) is 9.54. The van der Waals surface area contributed by atoms with Crippen molar-refractivity contribution in [1.29, 1.82) is 0 Å². The van der Waals surface area contributed by atoms with Crippen molar-refractivity contribution in [3.05, 3.63) is 35.6 Å². The van der Waals surface area contributed by atoms with Crippen molar-refractivity contribution >= 4 is 5.91 Å². The molecule has 5 heteroatoms. The molecule has 0 saturated carbocycles. The summed E-state index contributed by atoms with van der Waals surface area (Å²) in [5.74, 6) is -0.480. The number of rotatable bonds is 8. The molecule has 0 bridgehead atoms. The van der Waals surface area contributed by atoms with E-state index in [1.54, 1.807) is 6.92 Å². The Balaban J connectivity index is 2.39. The van der Waals surface area contributed by atoms with E-state index in [4.69, 9.17) is 4.74 Å². The van der Waals surface area contributed by atoms with Crippen LogP contribution in [0.15, 0.2) is 24.3 Å². The van der Waals surface area contributed by atoms with Crippen LogP contribution in [0.2, 0.25) is 0 Å². The van der Waals surface area contributed by atoms with Gasteiger partial charge in [-0.05, 0) is 38.0 Å². The number of hydrogen-bond donors (Lipinski definition) is 2. The zero-order chi connectivity index (χ0) is 15.0. The van der Waals surface area contributed by atoms with E-state index < -0.39 is 12.1 Å². The Morgan fingerprint density at radius 1 is 1.40 bits per heavy atom. The summed E-state index contributed by atoms with van der Waals surface area (Å²) in [5.41, 5.74) is 0.577. The van der Waals surface area contributed by atoms with Crippen molar-refractivity contribution in [2.75, 3.05) is 13.2 Å². The van der Waals surface area contributed by atoms with Crippen LogP contribution in [0.3, 0.4) is 0 Å². The monoisotopic (exact) mass is 283 g/mol. The second-order valence-corrected chi connectivity index (χ2v) is 4.65. The predicted octanol–water partition coefficient (Wildman–Crippen LogP) is 2.18. The van der Waals surface area contributed by atoms with Gasteiger partial charge < -0.3 is 15.2 Å². The van der Waals surface area contributed by atoms with Gasteiger partial charge in [-0.3, -0.25) is 4.79 Å². The number of hydrogen-bond acceptors (Lipinski definition) is 3.